The largest absolute Gasteiger partial charge is 0.370 e. The third-order valence-electron chi connectivity index (χ3n) is 3.57. The minimum Gasteiger partial charge on any atom is -0.370 e. The van der Waals surface area contributed by atoms with Crippen molar-refractivity contribution in [1.29, 1.82) is 0 Å². The fourth-order valence-corrected chi connectivity index (χ4v) is 2.41. The van der Waals surface area contributed by atoms with Crippen LogP contribution >= 0.6 is 0 Å². The molecule has 1 aliphatic rings. The summed E-state index contributed by atoms with van der Waals surface area (Å²) in [6, 6.07) is 2.02. The van der Waals surface area contributed by atoms with E-state index in [1.54, 1.807) is 6.33 Å². The van der Waals surface area contributed by atoms with Gasteiger partial charge in [-0.05, 0) is 6.92 Å². The second kappa shape index (κ2) is 5.67. The van der Waals surface area contributed by atoms with Gasteiger partial charge < -0.3 is 14.8 Å². The zero-order chi connectivity index (χ0) is 14.8. The van der Waals surface area contributed by atoms with Crippen LogP contribution < -0.4 is 10.2 Å². The molecule has 0 radical (unpaired) electrons. The first kappa shape index (κ1) is 13.8. The van der Waals surface area contributed by atoms with Crippen molar-refractivity contribution in [3.63, 3.8) is 0 Å². The van der Waals surface area contributed by atoms with Gasteiger partial charge in [-0.3, -0.25) is 0 Å². The number of nitrogens with zero attached hydrogens (tertiary/aromatic N) is 6. The Morgan fingerprint density at radius 1 is 1.29 bits per heavy atom. The van der Waals surface area contributed by atoms with Crippen molar-refractivity contribution in [2.45, 2.75) is 39.8 Å². The van der Waals surface area contributed by atoms with Crippen LogP contribution in [0.5, 0.6) is 0 Å². The van der Waals surface area contributed by atoms with Gasteiger partial charge in [0.05, 0.1) is 6.54 Å². The predicted molar refractivity (Wildman–Crippen MR) is 81.4 cm³/mol. The van der Waals surface area contributed by atoms with Crippen molar-refractivity contribution >= 4 is 11.6 Å². The van der Waals surface area contributed by atoms with Crippen LogP contribution in [-0.2, 0) is 13.1 Å². The third-order valence-corrected chi connectivity index (χ3v) is 3.57. The lowest BCUT2D eigenvalue weighted by molar-refractivity contribution is 0.554. The number of nitrogens with one attached hydrogen (secondary N) is 1. The van der Waals surface area contributed by atoms with Crippen LogP contribution in [0.3, 0.4) is 0 Å². The van der Waals surface area contributed by atoms with E-state index in [1.807, 2.05) is 6.07 Å². The van der Waals surface area contributed by atoms with Crippen molar-refractivity contribution in [1.82, 2.24) is 24.7 Å². The third kappa shape index (κ3) is 2.81. The second-order valence-corrected chi connectivity index (χ2v) is 5.52. The van der Waals surface area contributed by atoms with Crippen molar-refractivity contribution in [2.24, 2.45) is 0 Å². The quantitative estimate of drug-likeness (QED) is 0.921. The van der Waals surface area contributed by atoms with Gasteiger partial charge in [0.15, 0.2) is 5.82 Å². The second-order valence-electron chi connectivity index (χ2n) is 5.52. The van der Waals surface area contributed by atoms with Gasteiger partial charge in [0, 0.05) is 31.6 Å². The molecule has 3 rings (SSSR count). The number of fused-ring (bicyclic) bond motifs is 1. The van der Waals surface area contributed by atoms with Crippen LogP contribution in [0.1, 0.15) is 38.3 Å². The Labute approximate surface area is 124 Å². The molecule has 1 N–H and O–H groups in total. The summed E-state index contributed by atoms with van der Waals surface area (Å²) in [4.78, 5) is 11.5. The molecule has 0 amide bonds. The first-order chi connectivity index (χ1) is 10.2. The zero-order valence-electron chi connectivity index (χ0n) is 12.7. The molecule has 21 heavy (non-hydrogen) atoms. The molecule has 0 fully saturated rings. The first-order valence-electron chi connectivity index (χ1n) is 7.42. The Morgan fingerprint density at radius 3 is 2.90 bits per heavy atom. The Bertz CT molecular complexity index is 620. The SMILES string of the molecule is CCNc1cc(N2CCn3cnnc3C2)nc(C(C)C)n1. The highest BCUT2D eigenvalue weighted by Crippen LogP contribution is 2.23. The van der Waals surface area contributed by atoms with E-state index in [2.05, 4.69) is 50.7 Å². The maximum atomic E-state index is 4.71. The monoisotopic (exact) mass is 287 g/mol. The topological polar surface area (TPSA) is 71.8 Å². The summed E-state index contributed by atoms with van der Waals surface area (Å²) in [6.45, 7) is 9.68. The van der Waals surface area contributed by atoms with Gasteiger partial charge in [0.2, 0.25) is 0 Å². The lowest BCUT2D eigenvalue weighted by Gasteiger charge is -2.28. The molecule has 112 valence electrons. The molecule has 0 spiro atoms. The highest BCUT2D eigenvalue weighted by atomic mass is 15.3. The summed E-state index contributed by atoms with van der Waals surface area (Å²) in [5.41, 5.74) is 0. The Balaban J connectivity index is 1.91. The Kier molecular flexibility index (Phi) is 3.72. The van der Waals surface area contributed by atoms with Gasteiger partial charge in [-0.25, -0.2) is 9.97 Å². The molecule has 0 aromatic carbocycles. The number of hydrogen-bond donors (Lipinski definition) is 1. The van der Waals surface area contributed by atoms with E-state index < -0.39 is 0 Å². The summed E-state index contributed by atoms with van der Waals surface area (Å²) < 4.78 is 2.09. The molecule has 0 saturated heterocycles. The van der Waals surface area contributed by atoms with Crippen molar-refractivity contribution in [3.8, 4) is 0 Å². The average Bonchev–Trinajstić information content (AvgIpc) is 2.94. The Morgan fingerprint density at radius 2 is 2.14 bits per heavy atom. The zero-order valence-corrected chi connectivity index (χ0v) is 12.7. The molecule has 2 aromatic rings. The molecule has 0 atom stereocenters. The molecular formula is C14H21N7. The van der Waals surface area contributed by atoms with Gasteiger partial charge in [0.1, 0.15) is 23.8 Å². The van der Waals surface area contributed by atoms with E-state index in [0.29, 0.717) is 5.92 Å². The molecular weight excluding hydrogens is 266 g/mol. The van der Waals surface area contributed by atoms with E-state index in [9.17, 15) is 0 Å². The minimum atomic E-state index is 0.302. The summed E-state index contributed by atoms with van der Waals surface area (Å²) in [5, 5.41) is 11.4. The van der Waals surface area contributed by atoms with Crippen molar-refractivity contribution < 1.29 is 0 Å². The number of rotatable bonds is 4. The standard InChI is InChI=1S/C14H21N7/c1-4-15-11-7-12(18-14(17-11)10(2)3)20-5-6-21-9-16-19-13(21)8-20/h7,9-10H,4-6,8H2,1-3H3,(H,15,17,18). The Hall–Kier alpha value is -2.18. The molecule has 1 aliphatic heterocycles. The summed E-state index contributed by atoms with van der Waals surface area (Å²) >= 11 is 0. The predicted octanol–water partition coefficient (Wildman–Crippen LogP) is 1.64. The molecule has 3 heterocycles. The molecule has 0 bridgehead atoms. The number of anilines is 2. The first-order valence-corrected chi connectivity index (χ1v) is 7.42. The lowest BCUT2D eigenvalue weighted by Crippen LogP contribution is -2.34. The maximum Gasteiger partial charge on any atom is 0.152 e. The smallest absolute Gasteiger partial charge is 0.152 e. The highest BCUT2D eigenvalue weighted by Gasteiger charge is 2.20. The lowest BCUT2D eigenvalue weighted by atomic mass is 10.2. The van der Waals surface area contributed by atoms with Gasteiger partial charge >= 0.3 is 0 Å². The van der Waals surface area contributed by atoms with E-state index in [1.165, 1.54) is 0 Å². The van der Waals surface area contributed by atoms with Crippen LogP contribution in [0.2, 0.25) is 0 Å². The molecule has 0 aliphatic carbocycles. The van der Waals surface area contributed by atoms with Gasteiger partial charge in [-0.1, -0.05) is 13.8 Å². The molecule has 2 aromatic heterocycles. The van der Waals surface area contributed by atoms with Crippen molar-refractivity contribution in [2.75, 3.05) is 23.3 Å². The molecule has 0 unspecified atom stereocenters. The summed E-state index contributed by atoms with van der Waals surface area (Å²) in [6.07, 6.45) is 1.79. The minimum absolute atomic E-state index is 0.302. The van der Waals surface area contributed by atoms with Crippen molar-refractivity contribution in [3.05, 3.63) is 24.0 Å². The molecule has 7 heteroatoms. The average molecular weight is 287 g/mol. The summed E-state index contributed by atoms with van der Waals surface area (Å²) in [5.74, 6) is 4.00. The molecule has 7 nitrogen and oxygen atoms in total. The summed E-state index contributed by atoms with van der Waals surface area (Å²) in [7, 11) is 0. The fourth-order valence-electron chi connectivity index (χ4n) is 2.41. The van der Waals surface area contributed by atoms with Gasteiger partial charge in [-0.2, -0.15) is 0 Å². The molecule has 0 saturated carbocycles. The fraction of sp³-hybridized carbons (Fsp3) is 0.571. The van der Waals surface area contributed by atoms with Crippen LogP contribution in [0.4, 0.5) is 11.6 Å². The van der Waals surface area contributed by atoms with E-state index in [4.69, 9.17) is 4.98 Å². The van der Waals surface area contributed by atoms with E-state index in [0.717, 1.165) is 49.5 Å². The van der Waals surface area contributed by atoms with Gasteiger partial charge in [-0.15, -0.1) is 10.2 Å². The highest BCUT2D eigenvalue weighted by molar-refractivity contribution is 5.50. The van der Waals surface area contributed by atoms with Crippen LogP contribution in [-0.4, -0.2) is 37.8 Å². The van der Waals surface area contributed by atoms with Crippen LogP contribution in [0.25, 0.3) is 0 Å². The van der Waals surface area contributed by atoms with E-state index >= 15 is 0 Å². The van der Waals surface area contributed by atoms with Crippen LogP contribution in [0.15, 0.2) is 12.4 Å². The van der Waals surface area contributed by atoms with Crippen LogP contribution in [0, 0.1) is 0 Å². The van der Waals surface area contributed by atoms with E-state index in [-0.39, 0.29) is 0 Å². The van der Waals surface area contributed by atoms with Gasteiger partial charge in [0.25, 0.3) is 0 Å². The number of hydrogen-bond acceptors (Lipinski definition) is 6. The maximum absolute atomic E-state index is 4.71. The normalized spacial score (nSPS) is 14.4. The number of aromatic nitrogens is 5.